The van der Waals surface area contributed by atoms with Gasteiger partial charge in [-0.1, -0.05) is 31.0 Å². The third-order valence-electron chi connectivity index (χ3n) is 3.21. The summed E-state index contributed by atoms with van der Waals surface area (Å²) in [5.74, 6) is 0. The van der Waals surface area contributed by atoms with Gasteiger partial charge in [0.2, 0.25) is 0 Å². The smallest absolute Gasteiger partial charge is 0.337 e. The molecule has 2 nitrogen and oxygen atoms in total. The molecule has 3 rings (SSSR count). The SMILES string of the molecule is O=c1cc(SC2CCCC2)c2ccccc2o1. The first-order chi connectivity index (χ1) is 8.33. The molecule has 88 valence electrons. The van der Waals surface area contributed by atoms with Crippen LogP contribution in [0.5, 0.6) is 0 Å². The quantitative estimate of drug-likeness (QED) is 0.754. The number of para-hydroxylation sites is 1. The van der Waals surface area contributed by atoms with Gasteiger partial charge in [-0.25, -0.2) is 4.79 Å². The fourth-order valence-electron chi connectivity index (χ4n) is 2.37. The maximum atomic E-state index is 11.5. The van der Waals surface area contributed by atoms with Crippen molar-refractivity contribution in [3.05, 3.63) is 40.8 Å². The van der Waals surface area contributed by atoms with Gasteiger partial charge < -0.3 is 4.42 Å². The summed E-state index contributed by atoms with van der Waals surface area (Å²) in [6, 6.07) is 9.40. The molecule has 1 saturated carbocycles. The van der Waals surface area contributed by atoms with Gasteiger partial charge in [0.05, 0.1) is 0 Å². The number of rotatable bonds is 2. The zero-order chi connectivity index (χ0) is 11.7. The Morgan fingerprint density at radius 2 is 1.94 bits per heavy atom. The van der Waals surface area contributed by atoms with Crippen LogP contribution in [0.4, 0.5) is 0 Å². The topological polar surface area (TPSA) is 30.2 Å². The Bertz CT molecular complexity index is 582. The number of fused-ring (bicyclic) bond motifs is 1. The van der Waals surface area contributed by atoms with Crippen LogP contribution < -0.4 is 5.63 Å². The Labute approximate surface area is 104 Å². The Kier molecular flexibility index (Phi) is 2.93. The summed E-state index contributed by atoms with van der Waals surface area (Å²) in [4.78, 5) is 12.6. The lowest BCUT2D eigenvalue weighted by atomic mass is 10.2. The van der Waals surface area contributed by atoms with E-state index < -0.39 is 0 Å². The van der Waals surface area contributed by atoms with Gasteiger partial charge in [0.25, 0.3) is 0 Å². The molecule has 1 heterocycles. The predicted molar refractivity (Wildman–Crippen MR) is 70.6 cm³/mol. The van der Waals surface area contributed by atoms with Crippen LogP contribution in [0.25, 0.3) is 11.0 Å². The average Bonchev–Trinajstić information content (AvgIpc) is 2.81. The molecule has 1 aliphatic carbocycles. The maximum Gasteiger partial charge on any atom is 0.337 e. The number of benzene rings is 1. The van der Waals surface area contributed by atoms with Gasteiger partial charge >= 0.3 is 5.63 Å². The van der Waals surface area contributed by atoms with E-state index in [9.17, 15) is 4.79 Å². The molecular weight excluding hydrogens is 232 g/mol. The Balaban J connectivity index is 2.04. The second-order valence-electron chi connectivity index (χ2n) is 4.45. The molecule has 0 atom stereocenters. The van der Waals surface area contributed by atoms with Crippen molar-refractivity contribution < 1.29 is 4.42 Å². The van der Waals surface area contributed by atoms with Crippen LogP contribution in [0.15, 0.2) is 44.4 Å². The third kappa shape index (κ3) is 2.25. The van der Waals surface area contributed by atoms with Crippen molar-refractivity contribution in [3.8, 4) is 0 Å². The van der Waals surface area contributed by atoms with Crippen LogP contribution >= 0.6 is 11.8 Å². The van der Waals surface area contributed by atoms with Gasteiger partial charge in [0, 0.05) is 21.6 Å². The van der Waals surface area contributed by atoms with Crippen molar-refractivity contribution in [1.29, 1.82) is 0 Å². The Morgan fingerprint density at radius 3 is 2.76 bits per heavy atom. The minimum atomic E-state index is -0.246. The molecule has 0 unspecified atom stereocenters. The van der Waals surface area contributed by atoms with E-state index in [1.54, 1.807) is 6.07 Å². The van der Waals surface area contributed by atoms with Crippen molar-refractivity contribution in [2.45, 2.75) is 35.8 Å². The van der Waals surface area contributed by atoms with Gasteiger partial charge in [-0.2, -0.15) is 0 Å². The molecule has 0 aliphatic heterocycles. The molecule has 17 heavy (non-hydrogen) atoms. The summed E-state index contributed by atoms with van der Waals surface area (Å²) in [5.41, 5.74) is 0.449. The van der Waals surface area contributed by atoms with Gasteiger partial charge in [-0.05, 0) is 18.9 Å². The maximum absolute atomic E-state index is 11.5. The van der Waals surface area contributed by atoms with Crippen molar-refractivity contribution in [3.63, 3.8) is 0 Å². The first-order valence-electron chi connectivity index (χ1n) is 6.02. The normalized spacial score (nSPS) is 16.7. The standard InChI is InChI=1S/C14H14O2S/c15-14-9-13(17-10-5-1-2-6-10)11-7-3-4-8-12(11)16-14/h3-4,7-10H,1-2,5-6H2. The lowest BCUT2D eigenvalue weighted by Crippen LogP contribution is -2.00. The number of thioether (sulfide) groups is 1. The van der Waals surface area contributed by atoms with E-state index >= 15 is 0 Å². The van der Waals surface area contributed by atoms with Gasteiger partial charge in [-0.3, -0.25) is 0 Å². The molecule has 1 aromatic carbocycles. The van der Waals surface area contributed by atoms with E-state index in [1.807, 2.05) is 36.0 Å². The van der Waals surface area contributed by atoms with Gasteiger partial charge in [0.15, 0.2) is 0 Å². The van der Waals surface area contributed by atoms with E-state index in [0.717, 1.165) is 10.3 Å². The molecular formula is C14H14O2S. The molecule has 3 heteroatoms. The lowest BCUT2D eigenvalue weighted by Gasteiger charge is -2.09. The first-order valence-corrected chi connectivity index (χ1v) is 6.90. The van der Waals surface area contributed by atoms with E-state index in [-0.39, 0.29) is 5.63 Å². The largest absolute Gasteiger partial charge is 0.423 e. The van der Waals surface area contributed by atoms with Crippen molar-refractivity contribution in [1.82, 2.24) is 0 Å². The van der Waals surface area contributed by atoms with E-state index in [4.69, 9.17) is 4.42 Å². The van der Waals surface area contributed by atoms with Gasteiger partial charge in [-0.15, -0.1) is 11.8 Å². The molecule has 2 aromatic rings. The van der Waals surface area contributed by atoms with Crippen LogP contribution in [-0.4, -0.2) is 5.25 Å². The van der Waals surface area contributed by atoms with Crippen LogP contribution in [0, 0.1) is 0 Å². The molecule has 0 bridgehead atoms. The summed E-state index contributed by atoms with van der Waals surface area (Å²) in [7, 11) is 0. The molecule has 1 aliphatic rings. The Morgan fingerprint density at radius 1 is 1.18 bits per heavy atom. The molecule has 0 saturated heterocycles. The molecule has 0 N–H and O–H groups in total. The highest BCUT2D eigenvalue weighted by Gasteiger charge is 2.17. The van der Waals surface area contributed by atoms with Gasteiger partial charge in [0.1, 0.15) is 5.58 Å². The van der Waals surface area contributed by atoms with E-state index in [1.165, 1.54) is 25.7 Å². The van der Waals surface area contributed by atoms with Crippen molar-refractivity contribution in [2.24, 2.45) is 0 Å². The number of hydrogen-bond donors (Lipinski definition) is 0. The zero-order valence-electron chi connectivity index (χ0n) is 9.52. The highest BCUT2D eigenvalue weighted by Crippen LogP contribution is 2.37. The van der Waals surface area contributed by atoms with Crippen LogP contribution in [0.2, 0.25) is 0 Å². The van der Waals surface area contributed by atoms with Crippen LogP contribution in [0.3, 0.4) is 0 Å². The van der Waals surface area contributed by atoms with Crippen LogP contribution in [-0.2, 0) is 0 Å². The lowest BCUT2D eigenvalue weighted by molar-refractivity contribution is 0.557. The average molecular weight is 246 g/mol. The second kappa shape index (κ2) is 4.57. The summed E-state index contributed by atoms with van der Waals surface area (Å²) < 4.78 is 5.20. The minimum Gasteiger partial charge on any atom is -0.423 e. The fraction of sp³-hybridized carbons (Fsp3) is 0.357. The monoisotopic (exact) mass is 246 g/mol. The molecule has 1 aromatic heterocycles. The summed E-state index contributed by atoms with van der Waals surface area (Å²) in [6.07, 6.45) is 5.16. The highest BCUT2D eigenvalue weighted by atomic mass is 32.2. The van der Waals surface area contributed by atoms with E-state index in [0.29, 0.717) is 10.8 Å². The minimum absolute atomic E-state index is 0.246. The Hall–Kier alpha value is -1.22. The molecule has 0 radical (unpaired) electrons. The van der Waals surface area contributed by atoms with Crippen molar-refractivity contribution in [2.75, 3.05) is 0 Å². The summed E-state index contributed by atoms with van der Waals surface area (Å²) >= 11 is 1.83. The second-order valence-corrected chi connectivity index (χ2v) is 5.79. The van der Waals surface area contributed by atoms with Crippen molar-refractivity contribution >= 4 is 22.7 Å². The van der Waals surface area contributed by atoms with E-state index in [2.05, 4.69) is 0 Å². The highest BCUT2D eigenvalue weighted by molar-refractivity contribution is 8.00. The molecule has 1 fully saturated rings. The third-order valence-corrected chi connectivity index (χ3v) is 4.60. The fourth-order valence-corrected chi connectivity index (χ4v) is 3.75. The first kappa shape index (κ1) is 10.9. The predicted octanol–water partition coefficient (Wildman–Crippen LogP) is 3.83. The summed E-state index contributed by atoms with van der Waals surface area (Å²) in [6.45, 7) is 0. The number of hydrogen-bond acceptors (Lipinski definition) is 3. The zero-order valence-corrected chi connectivity index (χ0v) is 10.3. The van der Waals surface area contributed by atoms with Crippen LogP contribution in [0.1, 0.15) is 25.7 Å². The molecule has 0 spiro atoms. The molecule has 0 amide bonds. The summed E-state index contributed by atoms with van der Waals surface area (Å²) in [5, 5.41) is 1.73.